The van der Waals surface area contributed by atoms with Crippen molar-refractivity contribution < 1.29 is 18.8 Å². The molecule has 0 unspecified atom stereocenters. The quantitative estimate of drug-likeness (QED) is 0.762. The molecule has 132 valence electrons. The molecule has 0 N–H and O–H groups in total. The van der Waals surface area contributed by atoms with Crippen LogP contribution < -0.4 is 0 Å². The summed E-state index contributed by atoms with van der Waals surface area (Å²) in [5, 5.41) is 0. The van der Waals surface area contributed by atoms with Crippen LogP contribution in [0.25, 0.3) is 0 Å². The van der Waals surface area contributed by atoms with Crippen LogP contribution in [-0.4, -0.2) is 70.7 Å². The Labute approximate surface area is 142 Å². The van der Waals surface area contributed by atoms with Gasteiger partial charge in [-0.2, -0.15) is 0 Å². The number of carbonyl (C=O) groups excluding carboxylic acids is 3. The van der Waals surface area contributed by atoms with E-state index in [2.05, 4.69) is 0 Å². The number of hydrogen-bond donors (Lipinski definition) is 0. The number of piperazine rings is 1. The van der Waals surface area contributed by atoms with Crippen LogP contribution in [0.2, 0.25) is 0 Å². The van der Waals surface area contributed by atoms with Gasteiger partial charge in [0.15, 0.2) is 5.76 Å². The summed E-state index contributed by atoms with van der Waals surface area (Å²) in [6.07, 6.45) is 1.46. The van der Waals surface area contributed by atoms with Gasteiger partial charge in [0.05, 0.1) is 6.26 Å². The fraction of sp³-hybridized carbons (Fsp3) is 0.588. The van der Waals surface area contributed by atoms with Crippen molar-refractivity contribution in [2.45, 2.75) is 33.2 Å². The molecule has 1 saturated heterocycles. The number of rotatable bonds is 2. The number of nitrogens with zero attached hydrogens (tertiary/aromatic N) is 3. The van der Waals surface area contributed by atoms with Gasteiger partial charge in [-0.05, 0) is 39.8 Å². The van der Waals surface area contributed by atoms with Crippen LogP contribution in [0.15, 0.2) is 22.8 Å². The summed E-state index contributed by atoms with van der Waals surface area (Å²) < 4.78 is 5.11. The molecule has 1 aliphatic rings. The molecule has 24 heavy (non-hydrogen) atoms. The van der Waals surface area contributed by atoms with E-state index in [1.807, 2.05) is 27.7 Å². The molecule has 0 radical (unpaired) electrons. The Bertz CT molecular complexity index is 596. The third kappa shape index (κ3) is 3.77. The minimum atomic E-state index is -0.503. The van der Waals surface area contributed by atoms with Crippen LogP contribution in [0.1, 0.15) is 38.2 Å². The van der Waals surface area contributed by atoms with Crippen molar-refractivity contribution in [1.82, 2.24) is 14.7 Å². The van der Waals surface area contributed by atoms with Crippen LogP contribution in [-0.2, 0) is 9.59 Å². The van der Waals surface area contributed by atoms with E-state index in [9.17, 15) is 14.4 Å². The van der Waals surface area contributed by atoms with E-state index < -0.39 is 17.4 Å². The van der Waals surface area contributed by atoms with Crippen LogP contribution in [0.3, 0.4) is 0 Å². The summed E-state index contributed by atoms with van der Waals surface area (Å²) >= 11 is 0. The first kappa shape index (κ1) is 18.0. The molecule has 1 aliphatic heterocycles. The maximum atomic E-state index is 12.5. The van der Waals surface area contributed by atoms with Crippen LogP contribution >= 0.6 is 0 Å². The number of hydrogen-bond acceptors (Lipinski definition) is 4. The predicted octanol–water partition coefficient (Wildman–Crippen LogP) is 1.21. The predicted molar refractivity (Wildman–Crippen MR) is 88.3 cm³/mol. The lowest BCUT2D eigenvalue weighted by molar-refractivity contribution is -0.155. The van der Waals surface area contributed by atoms with Gasteiger partial charge in [-0.1, -0.05) is 0 Å². The zero-order valence-electron chi connectivity index (χ0n) is 14.7. The molecule has 3 amide bonds. The smallest absolute Gasteiger partial charge is 0.312 e. The molecule has 7 heteroatoms. The van der Waals surface area contributed by atoms with E-state index in [1.54, 1.807) is 21.9 Å². The molecular weight excluding hydrogens is 310 g/mol. The zero-order chi connectivity index (χ0) is 17.9. The fourth-order valence-corrected chi connectivity index (χ4v) is 2.84. The first-order chi connectivity index (χ1) is 11.3. The molecule has 0 spiro atoms. The van der Waals surface area contributed by atoms with Gasteiger partial charge in [0.1, 0.15) is 0 Å². The molecule has 0 atom stereocenters. The summed E-state index contributed by atoms with van der Waals surface area (Å²) in [5.74, 6) is -0.897. The van der Waals surface area contributed by atoms with Crippen LogP contribution in [0, 0.1) is 0 Å². The second kappa shape index (κ2) is 7.07. The standard InChI is InChI=1S/C17H25N3O4/c1-5-20(17(2,3)4)16(23)15(22)19-10-8-18(9-11-19)14(21)13-7-6-12-24-13/h6-7,12H,5,8-11H2,1-4H3. The zero-order valence-corrected chi connectivity index (χ0v) is 14.7. The van der Waals surface area contributed by atoms with Gasteiger partial charge >= 0.3 is 11.8 Å². The van der Waals surface area contributed by atoms with E-state index >= 15 is 0 Å². The van der Waals surface area contributed by atoms with Gasteiger partial charge in [-0.15, -0.1) is 0 Å². The molecule has 0 aromatic carbocycles. The first-order valence-corrected chi connectivity index (χ1v) is 8.19. The molecule has 2 rings (SSSR count). The third-order valence-electron chi connectivity index (χ3n) is 4.14. The lowest BCUT2D eigenvalue weighted by Gasteiger charge is -2.38. The van der Waals surface area contributed by atoms with Crippen molar-refractivity contribution >= 4 is 17.7 Å². The molecule has 7 nitrogen and oxygen atoms in total. The summed E-state index contributed by atoms with van der Waals surface area (Å²) in [7, 11) is 0. The van der Waals surface area contributed by atoms with E-state index in [4.69, 9.17) is 4.42 Å². The second-order valence-electron chi connectivity index (χ2n) is 6.78. The summed E-state index contributed by atoms with van der Waals surface area (Å²) in [4.78, 5) is 41.9. The number of carbonyl (C=O) groups is 3. The van der Waals surface area contributed by atoms with Crippen molar-refractivity contribution in [3.8, 4) is 0 Å². The summed E-state index contributed by atoms with van der Waals surface area (Å²) in [6.45, 7) is 9.52. The SMILES string of the molecule is CCN(C(=O)C(=O)N1CCN(C(=O)c2ccco2)CC1)C(C)(C)C. The molecule has 0 saturated carbocycles. The monoisotopic (exact) mass is 335 g/mol. The Morgan fingerprint density at radius 3 is 2.17 bits per heavy atom. The van der Waals surface area contributed by atoms with Gasteiger partial charge in [-0.3, -0.25) is 14.4 Å². The number of furan rings is 1. The Morgan fingerprint density at radius 1 is 1.12 bits per heavy atom. The molecular formula is C17H25N3O4. The minimum absolute atomic E-state index is 0.191. The van der Waals surface area contributed by atoms with E-state index in [0.717, 1.165) is 0 Å². The van der Waals surface area contributed by atoms with Crippen LogP contribution in [0.5, 0.6) is 0 Å². The minimum Gasteiger partial charge on any atom is -0.459 e. The van der Waals surface area contributed by atoms with Crippen molar-refractivity contribution in [3.05, 3.63) is 24.2 Å². The number of likely N-dealkylation sites (N-methyl/N-ethyl adjacent to an activating group) is 1. The van der Waals surface area contributed by atoms with Crippen molar-refractivity contribution in [3.63, 3.8) is 0 Å². The summed E-state index contributed by atoms with van der Waals surface area (Å²) in [6, 6.07) is 3.28. The van der Waals surface area contributed by atoms with E-state index in [1.165, 1.54) is 11.2 Å². The molecule has 2 heterocycles. The highest BCUT2D eigenvalue weighted by molar-refractivity contribution is 6.35. The van der Waals surface area contributed by atoms with Gasteiger partial charge in [0, 0.05) is 38.3 Å². The second-order valence-corrected chi connectivity index (χ2v) is 6.78. The van der Waals surface area contributed by atoms with E-state index in [0.29, 0.717) is 32.7 Å². The van der Waals surface area contributed by atoms with E-state index in [-0.39, 0.29) is 11.7 Å². The average Bonchev–Trinajstić information content (AvgIpc) is 3.07. The van der Waals surface area contributed by atoms with Gasteiger partial charge < -0.3 is 19.1 Å². The molecule has 0 bridgehead atoms. The normalized spacial score (nSPS) is 15.3. The molecule has 1 aromatic rings. The average molecular weight is 335 g/mol. The molecule has 1 aromatic heterocycles. The first-order valence-electron chi connectivity index (χ1n) is 8.19. The Balaban J connectivity index is 1.95. The van der Waals surface area contributed by atoms with Gasteiger partial charge in [-0.25, -0.2) is 0 Å². The molecule has 1 fully saturated rings. The Morgan fingerprint density at radius 2 is 1.71 bits per heavy atom. The van der Waals surface area contributed by atoms with Crippen molar-refractivity contribution in [2.24, 2.45) is 0 Å². The van der Waals surface area contributed by atoms with Crippen LogP contribution in [0.4, 0.5) is 0 Å². The molecule has 0 aliphatic carbocycles. The Hall–Kier alpha value is -2.31. The maximum absolute atomic E-state index is 12.5. The van der Waals surface area contributed by atoms with Crippen molar-refractivity contribution in [2.75, 3.05) is 32.7 Å². The largest absolute Gasteiger partial charge is 0.459 e. The maximum Gasteiger partial charge on any atom is 0.312 e. The third-order valence-corrected chi connectivity index (χ3v) is 4.14. The van der Waals surface area contributed by atoms with Crippen molar-refractivity contribution in [1.29, 1.82) is 0 Å². The lowest BCUT2D eigenvalue weighted by Crippen LogP contribution is -2.56. The number of amides is 3. The highest BCUT2D eigenvalue weighted by Crippen LogP contribution is 2.15. The highest BCUT2D eigenvalue weighted by atomic mass is 16.3. The Kier molecular flexibility index (Phi) is 5.31. The van der Waals surface area contributed by atoms with Gasteiger partial charge in [0.25, 0.3) is 5.91 Å². The topological polar surface area (TPSA) is 74.1 Å². The van der Waals surface area contributed by atoms with Gasteiger partial charge in [0.2, 0.25) is 0 Å². The fourth-order valence-electron chi connectivity index (χ4n) is 2.84. The highest BCUT2D eigenvalue weighted by Gasteiger charge is 2.34. The summed E-state index contributed by atoms with van der Waals surface area (Å²) in [5.41, 5.74) is -0.404. The lowest BCUT2D eigenvalue weighted by atomic mass is 10.1.